The summed E-state index contributed by atoms with van der Waals surface area (Å²) in [5, 5.41) is 2.97. The van der Waals surface area contributed by atoms with Crippen LogP contribution in [-0.2, 0) is 4.79 Å². The summed E-state index contributed by atoms with van der Waals surface area (Å²) in [5.74, 6) is 0.806. The van der Waals surface area contributed by atoms with Crippen molar-refractivity contribution in [3.63, 3.8) is 0 Å². The van der Waals surface area contributed by atoms with Crippen LogP contribution in [0.2, 0.25) is 0 Å². The summed E-state index contributed by atoms with van der Waals surface area (Å²) >= 11 is 0. The summed E-state index contributed by atoms with van der Waals surface area (Å²) in [4.78, 5) is 11.3. The average molecular weight is 199 g/mol. The smallest absolute Gasteiger partial charge is 0.222 e. The second kappa shape index (κ2) is 5.38. The van der Waals surface area contributed by atoms with Crippen LogP contribution in [0.1, 0.15) is 48.0 Å². The highest BCUT2D eigenvalue weighted by molar-refractivity contribution is 5.77. The molecule has 2 heteroatoms. The minimum atomic E-state index is 0.0943. The number of hydrogen-bond acceptors (Lipinski definition) is 1. The molecule has 1 N–H and O–H groups in total. The number of carbonyl (C=O) groups excluding carboxylic acids is 1. The molecular weight excluding hydrogens is 174 g/mol. The lowest BCUT2D eigenvalue weighted by Gasteiger charge is -2.23. The van der Waals surface area contributed by atoms with Gasteiger partial charge >= 0.3 is 0 Å². The lowest BCUT2D eigenvalue weighted by Crippen LogP contribution is -2.32. The van der Waals surface area contributed by atoms with Gasteiger partial charge in [-0.15, -0.1) is 0 Å². The van der Waals surface area contributed by atoms with Gasteiger partial charge in [-0.1, -0.05) is 41.5 Å². The molecule has 1 unspecified atom stereocenters. The number of nitrogens with one attached hydrogen (secondary N) is 1. The van der Waals surface area contributed by atoms with E-state index in [0.29, 0.717) is 11.3 Å². The highest BCUT2D eigenvalue weighted by Gasteiger charge is 2.16. The molecule has 2 nitrogen and oxygen atoms in total. The van der Waals surface area contributed by atoms with Gasteiger partial charge < -0.3 is 5.32 Å². The minimum absolute atomic E-state index is 0.0943. The highest BCUT2D eigenvalue weighted by atomic mass is 16.1. The van der Waals surface area contributed by atoms with Crippen molar-refractivity contribution in [2.75, 3.05) is 6.54 Å². The Morgan fingerprint density at radius 3 is 2.07 bits per heavy atom. The standard InChI is InChI=1S/C12H25NO/c1-9(2)11(14)13-8-10(3)7-12(4,5)6/h9-10H,7-8H2,1-6H3,(H,13,14). The molecule has 0 saturated carbocycles. The molecule has 0 aliphatic carbocycles. The zero-order valence-electron chi connectivity index (χ0n) is 10.5. The fourth-order valence-electron chi connectivity index (χ4n) is 1.60. The lowest BCUT2D eigenvalue weighted by molar-refractivity contribution is -0.124. The lowest BCUT2D eigenvalue weighted by atomic mass is 9.85. The van der Waals surface area contributed by atoms with Gasteiger partial charge in [0, 0.05) is 12.5 Å². The van der Waals surface area contributed by atoms with Crippen molar-refractivity contribution >= 4 is 5.91 Å². The van der Waals surface area contributed by atoms with Crippen LogP contribution in [0.4, 0.5) is 0 Å². The van der Waals surface area contributed by atoms with Gasteiger partial charge in [-0.2, -0.15) is 0 Å². The molecule has 0 aromatic carbocycles. The molecule has 1 amide bonds. The summed E-state index contributed by atoms with van der Waals surface area (Å²) in [6.07, 6.45) is 1.14. The largest absolute Gasteiger partial charge is 0.356 e. The van der Waals surface area contributed by atoms with E-state index in [2.05, 4.69) is 33.0 Å². The summed E-state index contributed by atoms with van der Waals surface area (Å²) < 4.78 is 0. The van der Waals surface area contributed by atoms with E-state index in [4.69, 9.17) is 0 Å². The van der Waals surface area contributed by atoms with Crippen molar-refractivity contribution in [2.45, 2.75) is 48.0 Å². The molecule has 84 valence electrons. The maximum atomic E-state index is 11.3. The quantitative estimate of drug-likeness (QED) is 0.741. The number of hydrogen-bond donors (Lipinski definition) is 1. The average Bonchev–Trinajstić information content (AvgIpc) is 1.96. The monoisotopic (exact) mass is 199 g/mol. The second-order valence-electron chi connectivity index (χ2n) is 5.77. The van der Waals surface area contributed by atoms with E-state index in [9.17, 15) is 4.79 Å². The van der Waals surface area contributed by atoms with E-state index in [1.807, 2.05) is 13.8 Å². The Morgan fingerprint density at radius 2 is 1.71 bits per heavy atom. The third-order valence-electron chi connectivity index (χ3n) is 2.11. The van der Waals surface area contributed by atoms with Gasteiger partial charge in [0.05, 0.1) is 0 Å². The van der Waals surface area contributed by atoms with Crippen molar-refractivity contribution in [2.24, 2.45) is 17.3 Å². The molecule has 0 spiro atoms. The predicted octanol–water partition coefficient (Wildman–Crippen LogP) is 2.83. The summed E-state index contributed by atoms with van der Waals surface area (Å²) in [6.45, 7) is 13.5. The van der Waals surface area contributed by atoms with Crippen LogP contribution >= 0.6 is 0 Å². The zero-order valence-corrected chi connectivity index (χ0v) is 10.5. The molecule has 0 aliphatic rings. The maximum absolute atomic E-state index is 11.3. The van der Waals surface area contributed by atoms with Gasteiger partial charge in [0.25, 0.3) is 0 Å². The molecule has 0 aliphatic heterocycles. The van der Waals surface area contributed by atoms with Crippen LogP contribution in [0.3, 0.4) is 0 Å². The third-order valence-corrected chi connectivity index (χ3v) is 2.11. The Kier molecular flexibility index (Phi) is 5.17. The van der Waals surface area contributed by atoms with Crippen LogP contribution in [0.25, 0.3) is 0 Å². The first kappa shape index (κ1) is 13.5. The molecule has 0 bridgehead atoms. The van der Waals surface area contributed by atoms with Crippen molar-refractivity contribution < 1.29 is 4.79 Å². The Bertz CT molecular complexity index is 179. The highest BCUT2D eigenvalue weighted by Crippen LogP contribution is 2.23. The number of rotatable bonds is 4. The van der Waals surface area contributed by atoms with E-state index in [0.717, 1.165) is 13.0 Å². The van der Waals surface area contributed by atoms with Crippen LogP contribution in [-0.4, -0.2) is 12.5 Å². The summed E-state index contributed by atoms with van der Waals surface area (Å²) in [7, 11) is 0. The fraction of sp³-hybridized carbons (Fsp3) is 0.917. The molecule has 14 heavy (non-hydrogen) atoms. The Hall–Kier alpha value is -0.530. The van der Waals surface area contributed by atoms with Gasteiger partial charge in [0.1, 0.15) is 0 Å². The van der Waals surface area contributed by atoms with Crippen LogP contribution in [0.15, 0.2) is 0 Å². The summed E-state index contributed by atoms with van der Waals surface area (Å²) in [5.41, 5.74) is 0.349. The first-order valence-corrected chi connectivity index (χ1v) is 5.50. The van der Waals surface area contributed by atoms with E-state index in [1.165, 1.54) is 0 Å². The third kappa shape index (κ3) is 6.93. The zero-order chi connectivity index (χ0) is 11.4. The van der Waals surface area contributed by atoms with E-state index >= 15 is 0 Å². The molecule has 0 heterocycles. The normalized spacial score (nSPS) is 14.2. The SMILES string of the molecule is CC(CNC(=O)C(C)C)CC(C)(C)C. The Morgan fingerprint density at radius 1 is 1.21 bits per heavy atom. The fourth-order valence-corrected chi connectivity index (χ4v) is 1.60. The molecule has 0 saturated heterocycles. The Labute approximate surface area is 88.5 Å². The van der Waals surface area contributed by atoms with E-state index < -0.39 is 0 Å². The molecular formula is C12H25NO. The maximum Gasteiger partial charge on any atom is 0.222 e. The Balaban J connectivity index is 3.75. The van der Waals surface area contributed by atoms with Crippen molar-refractivity contribution in [3.05, 3.63) is 0 Å². The van der Waals surface area contributed by atoms with Gasteiger partial charge in [0.2, 0.25) is 5.91 Å². The van der Waals surface area contributed by atoms with Crippen molar-refractivity contribution in [1.82, 2.24) is 5.32 Å². The van der Waals surface area contributed by atoms with Gasteiger partial charge in [-0.3, -0.25) is 4.79 Å². The number of carbonyl (C=O) groups is 1. The van der Waals surface area contributed by atoms with Gasteiger partial charge in [-0.05, 0) is 17.8 Å². The molecule has 1 atom stereocenters. The van der Waals surface area contributed by atoms with Crippen LogP contribution < -0.4 is 5.32 Å². The second-order valence-corrected chi connectivity index (χ2v) is 5.77. The molecule has 0 radical (unpaired) electrons. The molecule has 0 fully saturated rings. The van der Waals surface area contributed by atoms with Crippen molar-refractivity contribution in [1.29, 1.82) is 0 Å². The first-order valence-electron chi connectivity index (χ1n) is 5.50. The van der Waals surface area contributed by atoms with Gasteiger partial charge in [-0.25, -0.2) is 0 Å². The van der Waals surface area contributed by atoms with E-state index in [-0.39, 0.29) is 11.8 Å². The summed E-state index contributed by atoms with van der Waals surface area (Å²) in [6, 6.07) is 0. The van der Waals surface area contributed by atoms with Crippen LogP contribution in [0.5, 0.6) is 0 Å². The van der Waals surface area contributed by atoms with E-state index in [1.54, 1.807) is 0 Å². The molecule has 0 aromatic rings. The van der Waals surface area contributed by atoms with Gasteiger partial charge in [0.15, 0.2) is 0 Å². The topological polar surface area (TPSA) is 29.1 Å². The molecule has 0 rings (SSSR count). The van der Waals surface area contributed by atoms with Crippen LogP contribution in [0, 0.1) is 17.3 Å². The first-order chi connectivity index (χ1) is 6.22. The molecule has 0 aromatic heterocycles. The van der Waals surface area contributed by atoms with Crippen molar-refractivity contribution in [3.8, 4) is 0 Å². The number of amides is 1. The minimum Gasteiger partial charge on any atom is -0.356 e. The predicted molar refractivity (Wildman–Crippen MR) is 61.1 cm³/mol.